The molecular weight excluding hydrogens is 328 g/mol. The third kappa shape index (κ3) is 3.68. The van der Waals surface area contributed by atoms with E-state index in [-0.39, 0.29) is 5.75 Å². The van der Waals surface area contributed by atoms with Crippen molar-refractivity contribution in [2.24, 2.45) is 0 Å². The minimum Gasteiger partial charge on any atom is -0.508 e. The summed E-state index contributed by atoms with van der Waals surface area (Å²) in [6.45, 7) is 0. The van der Waals surface area contributed by atoms with E-state index in [2.05, 4.69) is 72.8 Å². The van der Waals surface area contributed by atoms with Crippen LogP contribution in [0.5, 0.6) is 5.75 Å². The number of hydrogen-bond acceptors (Lipinski definition) is 1. The van der Waals surface area contributed by atoms with E-state index in [0.717, 1.165) is 27.8 Å². The molecule has 0 saturated carbocycles. The van der Waals surface area contributed by atoms with Crippen molar-refractivity contribution in [1.82, 2.24) is 0 Å². The minimum atomic E-state index is 0.270. The third-order valence-corrected chi connectivity index (χ3v) is 4.59. The minimum absolute atomic E-state index is 0.270. The molecule has 0 aliphatic carbocycles. The summed E-state index contributed by atoms with van der Waals surface area (Å²) in [6, 6.07) is 38.8. The highest BCUT2D eigenvalue weighted by Crippen LogP contribution is 2.37. The summed E-state index contributed by atoms with van der Waals surface area (Å²) in [5, 5.41) is 9.77. The van der Waals surface area contributed by atoms with Gasteiger partial charge < -0.3 is 5.11 Å². The van der Waals surface area contributed by atoms with Crippen molar-refractivity contribution in [2.45, 2.75) is 0 Å². The van der Waals surface area contributed by atoms with Gasteiger partial charge in [-0.3, -0.25) is 0 Å². The maximum atomic E-state index is 9.77. The molecule has 4 aromatic carbocycles. The normalized spacial score (nSPS) is 10.4. The van der Waals surface area contributed by atoms with E-state index in [1.807, 2.05) is 30.3 Å². The van der Waals surface area contributed by atoms with Gasteiger partial charge in [0.2, 0.25) is 0 Å². The van der Waals surface area contributed by atoms with Crippen LogP contribution >= 0.6 is 0 Å². The number of rotatable bonds is 4. The smallest absolute Gasteiger partial charge is 0.115 e. The van der Waals surface area contributed by atoms with Crippen LogP contribution < -0.4 is 0 Å². The SMILES string of the molecule is Oc1ccc(C(=C(c2ccccc2)c2ccccc2)c2ccccc2)cc1. The third-order valence-electron chi connectivity index (χ3n) is 4.59. The first-order valence-corrected chi connectivity index (χ1v) is 9.03. The Morgan fingerprint density at radius 1 is 0.370 bits per heavy atom. The largest absolute Gasteiger partial charge is 0.508 e. The van der Waals surface area contributed by atoms with E-state index < -0.39 is 0 Å². The van der Waals surface area contributed by atoms with Crippen LogP contribution in [0, 0.1) is 0 Å². The van der Waals surface area contributed by atoms with Crippen molar-refractivity contribution >= 4 is 11.1 Å². The zero-order chi connectivity index (χ0) is 18.5. The van der Waals surface area contributed by atoms with E-state index >= 15 is 0 Å². The van der Waals surface area contributed by atoms with Gasteiger partial charge in [-0.25, -0.2) is 0 Å². The van der Waals surface area contributed by atoms with Gasteiger partial charge >= 0.3 is 0 Å². The molecule has 0 amide bonds. The molecule has 4 rings (SSSR count). The standard InChI is InChI=1S/C26H20O/c27-24-18-16-23(17-19-24)26(22-14-8-3-9-15-22)25(20-10-4-1-5-11-20)21-12-6-2-7-13-21/h1-19,27H. The fourth-order valence-electron chi connectivity index (χ4n) is 3.35. The van der Waals surface area contributed by atoms with Crippen LogP contribution in [0.4, 0.5) is 0 Å². The lowest BCUT2D eigenvalue weighted by Crippen LogP contribution is -1.97. The van der Waals surface area contributed by atoms with Crippen molar-refractivity contribution in [2.75, 3.05) is 0 Å². The second kappa shape index (κ2) is 7.76. The van der Waals surface area contributed by atoms with Gasteiger partial charge in [0.1, 0.15) is 5.75 Å². The van der Waals surface area contributed by atoms with E-state index in [9.17, 15) is 5.11 Å². The Balaban J connectivity index is 2.08. The maximum absolute atomic E-state index is 9.77. The molecule has 0 fully saturated rings. The lowest BCUT2D eigenvalue weighted by Gasteiger charge is -2.18. The molecule has 0 unspecified atom stereocenters. The molecule has 0 bridgehead atoms. The van der Waals surface area contributed by atoms with Crippen molar-refractivity contribution in [3.05, 3.63) is 138 Å². The zero-order valence-corrected chi connectivity index (χ0v) is 14.9. The quantitative estimate of drug-likeness (QED) is 0.423. The second-order valence-electron chi connectivity index (χ2n) is 6.39. The Hall–Kier alpha value is -3.58. The Kier molecular flexibility index (Phi) is 4.84. The first-order chi connectivity index (χ1) is 13.3. The second-order valence-corrected chi connectivity index (χ2v) is 6.39. The average Bonchev–Trinajstić information content (AvgIpc) is 2.75. The predicted octanol–water partition coefficient (Wildman–Crippen LogP) is 6.40. The molecule has 0 aromatic heterocycles. The molecule has 130 valence electrons. The molecule has 0 atom stereocenters. The number of benzene rings is 4. The van der Waals surface area contributed by atoms with Crippen LogP contribution in [0.3, 0.4) is 0 Å². The lowest BCUT2D eigenvalue weighted by molar-refractivity contribution is 0.475. The summed E-state index contributed by atoms with van der Waals surface area (Å²) in [6.07, 6.45) is 0. The van der Waals surface area contributed by atoms with Gasteiger partial charge in [-0.15, -0.1) is 0 Å². The highest BCUT2D eigenvalue weighted by molar-refractivity contribution is 6.04. The number of phenols is 1. The van der Waals surface area contributed by atoms with Crippen LogP contribution in [0.1, 0.15) is 22.3 Å². The monoisotopic (exact) mass is 348 g/mol. The zero-order valence-electron chi connectivity index (χ0n) is 14.9. The molecular formula is C26H20O. The van der Waals surface area contributed by atoms with E-state index in [1.54, 1.807) is 12.1 Å². The summed E-state index contributed by atoms with van der Waals surface area (Å²) in [4.78, 5) is 0. The van der Waals surface area contributed by atoms with Crippen LogP contribution in [0.25, 0.3) is 11.1 Å². The van der Waals surface area contributed by atoms with Crippen molar-refractivity contribution in [3.63, 3.8) is 0 Å². The van der Waals surface area contributed by atoms with Crippen LogP contribution in [-0.4, -0.2) is 5.11 Å². The number of hydrogen-bond donors (Lipinski definition) is 1. The highest BCUT2D eigenvalue weighted by atomic mass is 16.3. The topological polar surface area (TPSA) is 20.2 Å². The van der Waals surface area contributed by atoms with Crippen molar-refractivity contribution in [1.29, 1.82) is 0 Å². The predicted molar refractivity (Wildman–Crippen MR) is 112 cm³/mol. The van der Waals surface area contributed by atoms with Gasteiger partial charge in [-0.2, -0.15) is 0 Å². The molecule has 0 aliphatic heterocycles. The molecule has 0 spiro atoms. The van der Waals surface area contributed by atoms with E-state index in [1.165, 1.54) is 5.57 Å². The van der Waals surface area contributed by atoms with Crippen molar-refractivity contribution < 1.29 is 5.11 Å². The van der Waals surface area contributed by atoms with E-state index in [0.29, 0.717) is 0 Å². The Morgan fingerprint density at radius 3 is 1.00 bits per heavy atom. The molecule has 4 aromatic rings. The van der Waals surface area contributed by atoms with Gasteiger partial charge in [0.25, 0.3) is 0 Å². The van der Waals surface area contributed by atoms with E-state index in [4.69, 9.17) is 0 Å². The fourth-order valence-corrected chi connectivity index (χ4v) is 3.35. The first kappa shape index (κ1) is 16.9. The van der Waals surface area contributed by atoms with Gasteiger partial charge in [0, 0.05) is 0 Å². The first-order valence-electron chi connectivity index (χ1n) is 9.03. The summed E-state index contributed by atoms with van der Waals surface area (Å²) >= 11 is 0. The summed E-state index contributed by atoms with van der Waals surface area (Å²) in [5.41, 5.74) is 6.86. The molecule has 1 heteroatoms. The lowest BCUT2D eigenvalue weighted by atomic mass is 9.86. The number of phenolic OH excluding ortho intramolecular Hbond substituents is 1. The Labute approximate surface area is 159 Å². The summed E-state index contributed by atoms with van der Waals surface area (Å²) in [5.74, 6) is 0.270. The van der Waals surface area contributed by atoms with Gasteiger partial charge in [0.05, 0.1) is 0 Å². The number of aromatic hydroxyl groups is 1. The van der Waals surface area contributed by atoms with Gasteiger partial charge in [-0.05, 0) is 45.5 Å². The molecule has 1 N–H and O–H groups in total. The molecule has 1 nitrogen and oxygen atoms in total. The molecule has 0 radical (unpaired) electrons. The summed E-state index contributed by atoms with van der Waals surface area (Å²) in [7, 11) is 0. The molecule has 0 heterocycles. The van der Waals surface area contributed by atoms with Crippen LogP contribution in [0.2, 0.25) is 0 Å². The van der Waals surface area contributed by atoms with Crippen molar-refractivity contribution in [3.8, 4) is 5.75 Å². The Bertz CT molecular complexity index is 990. The van der Waals surface area contributed by atoms with Crippen LogP contribution in [0.15, 0.2) is 115 Å². The fraction of sp³-hybridized carbons (Fsp3) is 0. The molecule has 0 aliphatic rings. The molecule has 27 heavy (non-hydrogen) atoms. The van der Waals surface area contributed by atoms with Crippen LogP contribution in [-0.2, 0) is 0 Å². The highest BCUT2D eigenvalue weighted by Gasteiger charge is 2.15. The summed E-state index contributed by atoms with van der Waals surface area (Å²) < 4.78 is 0. The van der Waals surface area contributed by atoms with Gasteiger partial charge in [0.15, 0.2) is 0 Å². The maximum Gasteiger partial charge on any atom is 0.115 e. The average molecular weight is 348 g/mol. The van der Waals surface area contributed by atoms with Gasteiger partial charge in [-0.1, -0.05) is 103 Å². The Morgan fingerprint density at radius 2 is 0.667 bits per heavy atom. The molecule has 0 saturated heterocycles.